The van der Waals surface area contributed by atoms with Crippen LogP contribution in [0.1, 0.15) is 41.6 Å². The number of amides is 2. The molecule has 2 heterocycles. The summed E-state index contributed by atoms with van der Waals surface area (Å²) in [6.45, 7) is 0.784. The lowest BCUT2D eigenvalue weighted by Crippen LogP contribution is -2.51. The number of carbonyl (C=O) groups excluding carboxylic acids is 2. The van der Waals surface area contributed by atoms with Crippen LogP contribution >= 0.6 is 34.8 Å². The van der Waals surface area contributed by atoms with Crippen molar-refractivity contribution >= 4 is 46.6 Å². The van der Waals surface area contributed by atoms with Crippen LogP contribution in [0.5, 0.6) is 0 Å². The van der Waals surface area contributed by atoms with Gasteiger partial charge in [-0.05, 0) is 61.6 Å². The quantitative estimate of drug-likeness (QED) is 0.631. The predicted molar refractivity (Wildman–Crippen MR) is 124 cm³/mol. The molecule has 0 spiro atoms. The summed E-state index contributed by atoms with van der Waals surface area (Å²) in [5, 5.41) is 7.39. The zero-order valence-electron chi connectivity index (χ0n) is 16.9. The molecule has 2 aliphatic rings. The van der Waals surface area contributed by atoms with Crippen LogP contribution in [-0.4, -0.2) is 41.4 Å². The lowest BCUT2D eigenvalue weighted by molar-refractivity contribution is -0.121. The summed E-state index contributed by atoms with van der Waals surface area (Å²) in [6, 6.07) is 13.4. The number of piperidine rings is 1. The highest BCUT2D eigenvalue weighted by molar-refractivity contribution is 6.42. The summed E-state index contributed by atoms with van der Waals surface area (Å²) in [4.78, 5) is 27.1. The molecule has 2 saturated heterocycles. The first-order chi connectivity index (χ1) is 14.9. The zero-order chi connectivity index (χ0) is 22.0. The molecule has 2 amide bonds. The van der Waals surface area contributed by atoms with Gasteiger partial charge in [0.05, 0.1) is 16.6 Å². The summed E-state index contributed by atoms with van der Waals surface area (Å²) in [5.74, 6) is -0.480. The van der Waals surface area contributed by atoms with Gasteiger partial charge in [0.1, 0.15) is 0 Å². The number of nitrogens with zero attached hydrogens (tertiary/aromatic N) is 1. The van der Waals surface area contributed by atoms with E-state index in [-0.39, 0.29) is 24.4 Å². The maximum atomic E-state index is 12.4. The topological polar surface area (TPSA) is 61.4 Å². The van der Waals surface area contributed by atoms with Gasteiger partial charge in [0.2, 0.25) is 5.91 Å². The molecule has 2 aromatic carbocycles. The molecular formula is C23H24Cl3N3O2. The van der Waals surface area contributed by atoms with E-state index in [1.54, 1.807) is 24.3 Å². The highest BCUT2D eigenvalue weighted by Gasteiger charge is 2.40. The van der Waals surface area contributed by atoms with E-state index in [9.17, 15) is 9.59 Å². The van der Waals surface area contributed by atoms with E-state index in [1.807, 2.05) is 18.2 Å². The Morgan fingerprint density at radius 1 is 0.968 bits per heavy atom. The molecule has 31 heavy (non-hydrogen) atoms. The smallest absolute Gasteiger partial charge is 0.251 e. The Kier molecular flexibility index (Phi) is 7.07. The van der Waals surface area contributed by atoms with Gasteiger partial charge < -0.3 is 10.6 Å². The molecule has 0 radical (unpaired) electrons. The van der Waals surface area contributed by atoms with Crippen molar-refractivity contribution in [2.24, 2.45) is 0 Å². The second kappa shape index (κ2) is 9.78. The molecule has 2 fully saturated rings. The van der Waals surface area contributed by atoms with Crippen LogP contribution in [0.3, 0.4) is 0 Å². The summed E-state index contributed by atoms with van der Waals surface area (Å²) in [7, 11) is 0. The Balaban J connectivity index is 1.27. The summed E-state index contributed by atoms with van der Waals surface area (Å²) < 4.78 is 0. The predicted octanol–water partition coefficient (Wildman–Crippen LogP) is 4.69. The second-order valence-electron chi connectivity index (χ2n) is 8.23. The Morgan fingerprint density at radius 3 is 2.39 bits per heavy atom. The number of hydrogen-bond donors (Lipinski definition) is 2. The highest BCUT2D eigenvalue weighted by atomic mass is 35.5. The molecule has 164 valence electrons. The summed E-state index contributed by atoms with van der Waals surface area (Å²) in [6.07, 6.45) is 4.07. The average Bonchev–Trinajstić information content (AvgIpc) is 2.96. The van der Waals surface area contributed by atoms with E-state index in [0.29, 0.717) is 32.7 Å². The number of rotatable bonds is 6. The van der Waals surface area contributed by atoms with E-state index >= 15 is 0 Å². The van der Waals surface area contributed by atoms with Gasteiger partial charge in [0, 0.05) is 35.3 Å². The van der Waals surface area contributed by atoms with Crippen LogP contribution in [-0.2, 0) is 11.3 Å². The fourth-order valence-corrected chi connectivity index (χ4v) is 5.18. The number of carbonyl (C=O) groups is 2. The minimum absolute atomic E-state index is 0.0514. The summed E-state index contributed by atoms with van der Waals surface area (Å²) >= 11 is 18.1. The fraction of sp³-hybridized carbons (Fsp3) is 0.391. The number of hydrogen-bond acceptors (Lipinski definition) is 3. The normalized spacial score (nSPS) is 22.9. The molecule has 8 heteroatoms. The van der Waals surface area contributed by atoms with Gasteiger partial charge in [-0.25, -0.2) is 0 Å². The number of fused-ring (bicyclic) bond motifs is 2. The van der Waals surface area contributed by atoms with Crippen LogP contribution in [0.25, 0.3) is 0 Å². The molecule has 2 bridgehead atoms. The van der Waals surface area contributed by atoms with Crippen molar-refractivity contribution < 1.29 is 9.59 Å². The van der Waals surface area contributed by atoms with Crippen LogP contribution < -0.4 is 10.6 Å². The van der Waals surface area contributed by atoms with Gasteiger partial charge in [-0.2, -0.15) is 0 Å². The minimum atomic E-state index is -0.311. The molecule has 2 aromatic rings. The fourth-order valence-electron chi connectivity index (χ4n) is 4.67. The van der Waals surface area contributed by atoms with Crippen molar-refractivity contribution in [1.82, 2.24) is 15.5 Å². The van der Waals surface area contributed by atoms with E-state index in [0.717, 1.165) is 37.8 Å². The van der Waals surface area contributed by atoms with Crippen LogP contribution in [0, 0.1) is 0 Å². The number of halogens is 3. The van der Waals surface area contributed by atoms with Crippen molar-refractivity contribution in [2.75, 3.05) is 6.54 Å². The largest absolute Gasteiger partial charge is 0.352 e. The monoisotopic (exact) mass is 479 g/mol. The molecule has 2 N–H and O–H groups in total. The maximum Gasteiger partial charge on any atom is 0.251 e. The van der Waals surface area contributed by atoms with Crippen molar-refractivity contribution in [3.63, 3.8) is 0 Å². The van der Waals surface area contributed by atoms with Gasteiger partial charge in [-0.15, -0.1) is 0 Å². The van der Waals surface area contributed by atoms with Gasteiger partial charge in [0.25, 0.3) is 5.91 Å². The lowest BCUT2D eigenvalue weighted by atomic mass is 9.96. The third-order valence-electron chi connectivity index (χ3n) is 6.09. The Bertz CT molecular complexity index is 970. The third-order valence-corrected chi connectivity index (χ3v) is 7.07. The number of benzene rings is 2. The second-order valence-corrected chi connectivity index (χ2v) is 9.49. The highest BCUT2D eigenvalue weighted by Crippen LogP contribution is 2.37. The number of nitrogens with one attached hydrogen (secondary N) is 2. The van der Waals surface area contributed by atoms with Crippen molar-refractivity contribution in [2.45, 2.75) is 50.4 Å². The Labute approximate surface area is 197 Å². The molecular weight excluding hydrogens is 457 g/mol. The molecule has 2 atom stereocenters. The van der Waals surface area contributed by atoms with Crippen LogP contribution in [0.4, 0.5) is 0 Å². The minimum Gasteiger partial charge on any atom is -0.352 e. The van der Waals surface area contributed by atoms with E-state index < -0.39 is 0 Å². The molecule has 4 rings (SSSR count). The lowest BCUT2D eigenvalue weighted by Gasteiger charge is -2.39. The molecule has 2 unspecified atom stereocenters. The van der Waals surface area contributed by atoms with Gasteiger partial charge >= 0.3 is 0 Å². The first kappa shape index (κ1) is 22.4. The standard InChI is InChI=1S/C23H24Cl3N3O2/c24-16-3-1-2-15(9-16)23(31)27-12-22(30)28-17-10-18-5-6-19(11-17)29(18)13-14-4-7-20(25)21(26)8-14/h1-4,7-9,17-19H,5-6,10-13H2,(H,27,31)(H,28,30). The molecule has 0 aromatic heterocycles. The maximum absolute atomic E-state index is 12.4. The molecule has 0 aliphatic carbocycles. The molecule has 0 saturated carbocycles. The van der Waals surface area contributed by atoms with Crippen molar-refractivity contribution in [3.8, 4) is 0 Å². The summed E-state index contributed by atoms with van der Waals surface area (Å²) in [5.41, 5.74) is 1.59. The Morgan fingerprint density at radius 2 is 1.71 bits per heavy atom. The van der Waals surface area contributed by atoms with Gasteiger partial charge in [-0.1, -0.05) is 46.9 Å². The Hall–Kier alpha value is -1.79. The first-order valence-electron chi connectivity index (χ1n) is 10.4. The average molecular weight is 481 g/mol. The van der Waals surface area contributed by atoms with E-state index in [2.05, 4.69) is 15.5 Å². The van der Waals surface area contributed by atoms with E-state index in [4.69, 9.17) is 34.8 Å². The van der Waals surface area contributed by atoms with Gasteiger partial charge in [0.15, 0.2) is 0 Å². The van der Waals surface area contributed by atoms with E-state index in [1.165, 1.54) is 0 Å². The molecule has 2 aliphatic heterocycles. The zero-order valence-corrected chi connectivity index (χ0v) is 19.2. The third kappa shape index (κ3) is 5.53. The first-order valence-corrected chi connectivity index (χ1v) is 11.5. The van der Waals surface area contributed by atoms with Crippen molar-refractivity contribution in [1.29, 1.82) is 0 Å². The molecule has 5 nitrogen and oxygen atoms in total. The van der Waals surface area contributed by atoms with Crippen LogP contribution in [0.2, 0.25) is 15.1 Å². The van der Waals surface area contributed by atoms with Gasteiger partial charge in [-0.3, -0.25) is 14.5 Å². The SMILES string of the molecule is O=C(CNC(=O)c1cccc(Cl)c1)NC1CC2CCC(C1)N2Cc1ccc(Cl)c(Cl)c1. The van der Waals surface area contributed by atoms with Crippen LogP contribution in [0.15, 0.2) is 42.5 Å². The van der Waals surface area contributed by atoms with Crippen molar-refractivity contribution in [3.05, 3.63) is 68.7 Å².